The molecule has 1 heterocycles. The number of nitrogens with zero attached hydrogens (tertiary/aromatic N) is 2. The molecule has 4 rings (SSSR count). The average Bonchev–Trinajstić information content (AvgIpc) is 2.89. The summed E-state index contributed by atoms with van der Waals surface area (Å²) in [6.45, 7) is 1.60. The second-order valence-electron chi connectivity index (χ2n) is 8.65. The van der Waals surface area contributed by atoms with Crippen LogP contribution in [0.3, 0.4) is 0 Å². The van der Waals surface area contributed by atoms with E-state index < -0.39 is 35.5 Å². The van der Waals surface area contributed by atoms with Crippen LogP contribution in [-0.4, -0.2) is 44.3 Å². The van der Waals surface area contributed by atoms with E-state index in [9.17, 15) is 20.7 Å². The first-order valence-electron chi connectivity index (χ1n) is 11.6. The SMILES string of the molecule is Cc1cc(OCc2nc(N)nc(N)c2-c2ccc(Cl)c(Cl)c2)ccc1NS(=O)(=O)c1ccc(S(=O)(=O)F)cc1.O=S(=O)(O)O. The van der Waals surface area contributed by atoms with Crippen LogP contribution in [0.2, 0.25) is 10.0 Å². The molecule has 236 valence electrons. The van der Waals surface area contributed by atoms with Gasteiger partial charge in [0.05, 0.1) is 31.2 Å². The maximum Gasteiger partial charge on any atom is 0.394 e. The number of anilines is 3. The molecule has 44 heavy (non-hydrogen) atoms. The van der Waals surface area contributed by atoms with E-state index >= 15 is 0 Å². The molecule has 0 bridgehead atoms. The van der Waals surface area contributed by atoms with Crippen molar-refractivity contribution in [2.45, 2.75) is 23.3 Å². The second kappa shape index (κ2) is 13.5. The number of hydrogen-bond acceptors (Lipinski definition) is 11. The fraction of sp³-hybridized carbons (Fsp3) is 0.0833. The Morgan fingerprint density at radius 1 is 0.864 bits per heavy atom. The van der Waals surface area contributed by atoms with E-state index in [2.05, 4.69) is 14.7 Å². The molecule has 0 saturated heterocycles. The van der Waals surface area contributed by atoms with Gasteiger partial charge in [-0.05, 0) is 72.6 Å². The maximum atomic E-state index is 13.1. The summed E-state index contributed by atoms with van der Waals surface area (Å²) >= 11 is 12.2. The van der Waals surface area contributed by atoms with Gasteiger partial charge in [0.15, 0.2) is 0 Å². The minimum absolute atomic E-state index is 0.0482. The predicted octanol–water partition coefficient (Wildman–Crippen LogP) is 4.31. The molecule has 0 aliphatic carbocycles. The number of sulfonamides is 1. The Morgan fingerprint density at radius 3 is 2.00 bits per heavy atom. The molecule has 20 heteroatoms. The van der Waals surface area contributed by atoms with Crippen LogP contribution >= 0.6 is 23.2 Å². The number of nitrogens with two attached hydrogens (primary N) is 2. The number of nitrogen functional groups attached to an aromatic ring is 2. The van der Waals surface area contributed by atoms with E-state index in [-0.39, 0.29) is 29.0 Å². The quantitative estimate of drug-likeness (QED) is 0.127. The van der Waals surface area contributed by atoms with Crippen LogP contribution in [0.1, 0.15) is 11.3 Å². The van der Waals surface area contributed by atoms with Gasteiger partial charge >= 0.3 is 20.6 Å². The number of rotatable bonds is 8. The fourth-order valence-electron chi connectivity index (χ4n) is 3.59. The number of benzene rings is 3. The number of aryl methyl sites for hydroxylation is 1. The lowest BCUT2D eigenvalue weighted by Gasteiger charge is -2.15. The third-order valence-electron chi connectivity index (χ3n) is 5.47. The van der Waals surface area contributed by atoms with Crippen LogP contribution in [0.25, 0.3) is 11.1 Å². The van der Waals surface area contributed by atoms with Gasteiger partial charge in [0.2, 0.25) is 5.95 Å². The van der Waals surface area contributed by atoms with E-state index in [0.717, 1.165) is 24.3 Å². The molecule has 0 atom stereocenters. The van der Waals surface area contributed by atoms with Crippen molar-refractivity contribution in [2.24, 2.45) is 0 Å². The third-order valence-corrected chi connectivity index (χ3v) is 8.43. The summed E-state index contributed by atoms with van der Waals surface area (Å²) in [5, 5.41) is 0.679. The lowest BCUT2D eigenvalue weighted by atomic mass is 10.0. The fourth-order valence-corrected chi connectivity index (χ4v) is 5.48. The van der Waals surface area contributed by atoms with Gasteiger partial charge in [-0.3, -0.25) is 13.8 Å². The first kappa shape index (κ1) is 34.7. The summed E-state index contributed by atoms with van der Waals surface area (Å²) < 4.78 is 100. The number of halogens is 3. The largest absolute Gasteiger partial charge is 0.487 e. The van der Waals surface area contributed by atoms with Gasteiger partial charge in [0, 0.05) is 5.56 Å². The smallest absolute Gasteiger partial charge is 0.394 e. The molecule has 0 spiro atoms. The monoisotopic (exact) mass is 709 g/mol. The molecule has 1 aromatic heterocycles. The number of nitrogens with one attached hydrogen (secondary N) is 1. The van der Waals surface area contributed by atoms with Crippen LogP contribution < -0.4 is 20.9 Å². The molecule has 0 unspecified atom stereocenters. The number of hydrogen-bond donors (Lipinski definition) is 5. The highest BCUT2D eigenvalue weighted by Gasteiger charge is 2.19. The maximum absolute atomic E-state index is 13.1. The van der Waals surface area contributed by atoms with Gasteiger partial charge in [0.1, 0.15) is 18.2 Å². The molecule has 14 nitrogen and oxygen atoms in total. The van der Waals surface area contributed by atoms with Crippen molar-refractivity contribution in [3.05, 3.63) is 82.0 Å². The molecule has 0 aliphatic rings. The van der Waals surface area contributed by atoms with Crippen molar-refractivity contribution in [3.8, 4) is 16.9 Å². The molecule has 0 amide bonds. The summed E-state index contributed by atoms with van der Waals surface area (Å²) in [7, 11) is -13.7. The Labute approximate surface area is 261 Å². The van der Waals surface area contributed by atoms with E-state index in [4.69, 9.17) is 56.9 Å². The molecule has 7 N–H and O–H groups in total. The van der Waals surface area contributed by atoms with Crippen molar-refractivity contribution in [1.82, 2.24) is 9.97 Å². The standard InChI is InChI=1S/C24H20Cl2FN5O5S2.H2O4S/c1-13-10-15(3-9-20(13)32-39(35,36)17-6-4-16(5-7-17)38(27,33)34)37-12-21-22(23(28)31-24(29)30-21)14-2-8-18(25)19(26)11-14;1-5(2,3)4/h2-11,32H,12H2,1H3,(H4,28,29,30,31);(H2,1,2,3,4). The van der Waals surface area contributed by atoms with Crippen molar-refractivity contribution < 1.29 is 43.0 Å². The Balaban J connectivity index is 0.000000978. The van der Waals surface area contributed by atoms with E-state index in [1.165, 1.54) is 12.1 Å². The molecule has 0 fully saturated rings. The Hall–Kier alpha value is -3.78. The predicted molar refractivity (Wildman–Crippen MR) is 162 cm³/mol. The number of aromatic nitrogens is 2. The summed E-state index contributed by atoms with van der Waals surface area (Å²) in [6, 6.07) is 13.3. The van der Waals surface area contributed by atoms with Gasteiger partial charge in [-0.15, -0.1) is 3.89 Å². The molecular weight excluding hydrogens is 688 g/mol. The van der Waals surface area contributed by atoms with Crippen LogP contribution in [0, 0.1) is 6.92 Å². The Morgan fingerprint density at radius 2 is 1.45 bits per heavy atom. The van der Waals surface area contributed by atoms with Gasteiger partial charge in [-0.1, -0.05) is 29.3 Å². The second-order valence-corrected chi connectivity index (χ2v) is 13.4. The van der Waals surface area contributed by atoms with Crippen LogP contribution in [0.4, 0.5) is 21.3 Å². The average molecular weight is 711 g/mol. The Kier molecular flexibility index (Phi) is 10.6. The van der Waals surface area contributed by atoms with Crippen LogP contribution in [-0.2, 0) is 37.3 Å². The van der Waals surface area contributed by atoms with Gasteiger partial charge < -0.3 is 16.2 Å². The topological polar surface area (TPSA) is 242 Å². The molecule has 0 aliphatic heterocycles. The first-order valence-corrected chi connectivity index (χ1v) is 16.6. The van der Waals surface area contributed by atoms with Gasteiger partial charge in [-0.2, -0.15) is 21.8 Å². The molecule has 3 aromatic carbocycles. The van der Waals surface area contributed by atoms with Crippen LogP contribution in [0.5, 0.6) is 5.75 Å². The molecule has 4 aromatic rings. The van der Waals surface area contributed by atoms with Crippen molar-refractivity contribution >= 4 is 71.3 Å². The minimum atomic E-state index is -4.95. The van der Waals surface area contributed by atoms with E-state index in [1.54, 1.807) is 31.2 Å². The molecule has 0 saturated carbocycles. The Bertz CT molecular complexity index is 2030. The van der Waals surface area contributed by atoms with Gasteiger partial charge in [0.25, 0.3) is 10.0 Å². The van der Waals surface area contributed by atoms with Crippen molar-refractivity contribution in [1.29, 1.82) is 0 Å². The lowest BCUT2D eigenvalue weighted by molar-refractivity contribution is 0.302. The van der Waals surface area contributed by atoms with Gasteiger partial charge in [-0.25, -0.2) is 13.4 Å². The first-order chi connectivity index (χ1) is 20.2. The summed E-state index contributed by atoms with van der Waals surface area (Å²) in [4.78, 5) is 7.38. The highest BCUT2D eigenvalue weighted by molar-refractivity contribution is 7.92. The normalized spacial score (nSPS) is 11.8. The summed E-state index contributed by atoms with van der Waals surface area (Å²) in [5.41, 5.74) is 14.1. The summed E-state index contributed by atoms with van der Waals surface area (Å²) in [5.74, 6) is 0.467. The zero-order valence-electron chi connectivity index (χ0n) is 22.1. The third kappa shape index (κ3) is 9.61. The van der Waals surface area contributed by atoms with E-state index in [0.29, 0.717) is 38.2 Å². The zero-order valence-corrected chi connectivity index (χ0v) is 26.1. The molecule has 0 radical (unpaired) electrons. The minimum Gasteiger partial charge on any atom is -0.487 e. The number of ether oxygens (including phenoxy) is 1. The van der Waals surface area contributed by atoms with Crippen LogP contribution in [0.15, 0.2) is 70.5 Å². The summed E-state index contributed by atoms with van der Waals surface area (Å²) in [6.07, 6.45) is 0. The zero-order chi connectivity index (χ0) is 33.0. The highest BCUT2D eigenvalue weighted by atomic mass is 35.5. The molecular formula is C24H22Cl2FN5O9S3. The van der Waals surface area contributed by atoms with Crippen molar-refractivity contribution in [3.63, 3.8) is 0 Å². The van der Waals surface area contributed by atoms with E-state index in [1.807, 2.05) is 0 Å². The van der Waals surface area contributed by atoms with Crippen molar-refractivity contribution in [2.75, 3.05) is 16.2 Å². The highest BCUT2D eigenvalue weighted by Crippen LogP contribution is 2.34. The lowest BCUT2D eigenvalue weighted by Crippen LogP contribution is -2.14.